The van der Waals surface area contributed by atoms with Crippen LogP contribution in [0, 0.1) is 0 Å². The SMILES string of the molecule is CC(=O)N(C)c1ccccc1C(=O)NOC1CCCC1. The van der Waals surface area contributed by atoms with Gasteiger partial charge in [-0.05, 0) is 25.0 Å². The molecule has 0 spiro atoms. The van der Waals surface area contributed by atoms with Gasteiger partial charge >= 0.3 is 0 Å². The molecular weight excluding hydrogens is 256 g/mol. The molecule has 5 nitrogen and oxygen atoms in total. The summed E-state index contributed by atoms with van der Waals surface area (Å²) >= 11 is 0. The number of nitrogens with zero attached hydrogens (tertiary/aromatic N) is 1. The number of carbonyl (C=O) groups is 2. The number of carbonyl (C=O) groups excluding carboxylic acids is 2. The van der Waals surface area contributed by atoms with Crippen molar-refractivity contribution in [2.24, 2.45) is 0 Å². The van der Waals surface area contributed by atoms with E-state index in [4.69, 9.17) is 4.84 Å². The zero-order valence-electron chi connectivity index (χ0n) is 11.9. The maximum absolute atomic E-state index is 12.2. The van der Waals surface area contributed by atoms with Crippen molar-refractivity contribution in [2.75, 3.05) is 11.9 Å². The Morgan fingerprint density at radius 1 is 1.25 bits per heavy atom. The van der Waals surface area contributed by atoms with Crippen LogP contribution in [0.15, 0.2) is 24.3 Å². The topological polar surface area (TPSA) is 58.6 Å². The highest BCUT2D eigenvalue weighted by Gasteiger charge is 2.19. The van der Waals surface area contributed by atoms with Crippen LogP contribution in [0.1, 0.15) is 43.0 Å². The van der Waals surface area contributed by atoms with Crippen molar-refractivity contribution in [3.8, 4) is 0 Å². The number of amides is 2. The Kier molecular flexibility index (Phi) is 4.74. The van der Waals surface area contributed by atoms with Crippen molar-refractivity contribution >= 4 is 17.5 Å². The molecule has 5 heteroatoms. The first kappa shape index (κ1) is 14.5. The van der Waals surface area contributed by atoms with Gasteiger partial charge in [0.15, 0.2) is 0 Å². The molecule has 2 rings (SSSR count). The smallest absolute Gasteiger partial charge is 0.276 e. The number of hydrogen-bond acceptors (Lipinski definition) is 3. The molecule has 1 aliphatic rings. The molecule has 0 aliphatic heterocycles. The maximum atomic E-state index is 12.2. The molecule has 0 heterocycles. The van der Waals surface area contributed by atoms with Crippen LogP contribution in [0.4, 0.5) is 5.69 Å². The predicted molar refractivity (Wildman–Crippen MR) is 76.3 cm³/mol. The van der Waals surface area contributed by atoms with E-state index in [1.54, 1.807) is 31.3 Å². The molecule has 1 aromatic rings. The Bertz CT molecular complexity index is 496. The van der Waals surface area contributed by atoms with Crippen molar-refractivity contribution in [3.05, 3.63) is 29.8 Å². The van der Waals surface area contributed by atoms with Gasteiger partial charge in [-0.25, -0.2) is 5.48 Å². The average Bonchev–Trinajstić information content (AvgIpc) is 2.97. The van der Waals surface area contributed by atoms with E-state index in [9.17, 15) is 9.59 Å². The summed E-state index contributed by atoms with van der Waals surface area (Å²) < 4.78 is 0. The highest BCUT2D eigenvalue weighted by atomic mass is 16.7. The minimum absolute atomic E-state index is 0.108. The van der Waals surface area contributed by atoms with Crippen LogP contribution in [0.3, 0.4) is 0 Å². The van der Waals surface area contributed by atoms with Crippen LogP contribution < -0.4 is 10.4 Å². The molecule has 0 bridgehead atoms. The molecule has 2 amide bonds. The summed E-state index contributed by atoms with van der Waals surface area (Å²) in [5, 5.41) is 0. The molecule has 0 unspecified atom stereocenters. The van der Waals surface area contributed by atoms with Gasteiger partial charge in [0, 0.05) is 14.0 Å². The standard InChI is InChI=1S/C15H20N2O3/c1-11(18)17(2)14-10-6-5-9-13(14)15(19)16-20-12-7-3-4-8-12/h5-6,9-10,12H,3-4,7-8H2,1-2H3,(H,16,19). The van der Waals surface area contributed by atoms with Gasteiger partial charge in [-0.15, -0.1) is 0 Å². The fourth-order valence-corrected chi connectivity index (χ4v) is 2.33. The molecule has 0 atom stereocenters. The summed E-state index contributed by atoms with van der Waals surface area (Å²) in [6.45, 7) is 1.46. The molecule has 108 valence electrons. The first-order valence-electron chi connectivity index (χ1n) is 6.89. The fraction of sp³-hybridized carbons (Fsp3) is 0.467. The first-order valence-corrected chi connectivity index (χ1v) is 6.89. The second kappa shape index (κ2) is 6.52. The monoisotopic (exact) mass is 276 g/mol. The first-order chi connectivity index (χ1) is 9.59. The van der Waals surface area contributed by atoms with Crippen molar-refractivity contribution in [1.29, 1.82) is 0 Å². The van der Waals surface area contributed by atoms with Gasteiger partial charge in [0.1, 0.15) is 0 Å². The molecular formula is C15H20N2O3. The van der Waals surface area contributed by atoms with Gasteiger partial charge in [-0.2, -0.15) is 0 Å². The Morgan fingerprint density at radius 2 is 1.90 bits per heavy atom. The maximum Gasteiger partial charge on any atom is 0.276 e. The number of para-hydroxylation sites is 1. The van der Waals surface area contributed by atoms with E-state index in [-0.39, 0.29) is 17.9 Å². The molecule has 1 N–H and O–H groups in total. The molecule has 1 fully saturated rings. The van der Waals surface area contributed by atoms with Crippen LogP contribution >= 0.6 is 0 Å². The van der Waals surface area contributed by atoms with Gasteiger partial charge in [-0.1, -0.05) is 25.0 Å². The number of hydroxylamine groups is 1. The van der Waals surface area contributed by atoms with Crippen LogP contribution in [-0.2, 0) is 9.63 Å². The third-order valence-corrected chi connectivity index (χ3v) is 3.60. The highest BCUT2D eigenvalue weighted by Crippen LogP contribution is 2.22. The Morgan fingerprint density at radius 3 is 2.55 bits per heavy atom. The zero-order valence-corrected chi connectivity index (χ0v) is 11.9. The molecule has 1 aromatic carbocycles. The number of hydrogen-bond donors (Lipinski definition) is 1. The Hall–Kier alpha value is -1.88. The Labute approximate surface area is 118 Å². The van der Waals surface area contributed by atoms with Crippen molar-refractivity contribution in [2.45, 2.75) is 38.7 Å². The summed E-state index contributed by atoms with van der Waals surface area (Å²) in [5.74, 6) is -0.442. The molecule has 0 saturated heterocycles. The molecule has 1 aliphatic carbocycles. The van der Waals surface area contributed by atoms with E-state index in [1.165, 1.54) is 11.8 Å². The van der Waals surface area contributed by atoms with Gasteiger partial charge in [-0.3, -0.25) is 14.4 Å². The van der Waals surface area contributed by atoms with Gasteiger partial charge < -0.3 is 4.90 Å². The lowest BCUT2D eigenvalue weighted by Gasteiger charge is -2.19. The summed E-state index contributed by atoms with van der Waals surface area (Å²) in [5.41, 5.74) is 3.51. The van der Waals surface area contributed by atoms with Crippen LogP contribution in [0.2, 0.25) is 0 Å². The van der Waals surface area contributed by atoms with Gasteiger partial charge in [0.05, 0.1) is 17.4 Å². The number of anilines is 1. The molecule has 0 aromatic heterocycles. The minimum atomic E-state index is -0.319. The lowest BCUT2D eigenvalue weighted by Crippen LogP contribution is -2.31. The van der Waals surface area contributed by atoms with Crippen LogP contribution in [-0.4, -0.2) is 25.0 Å². The normalized spacial score (nSPS) is 15.1. The van der Waals surface area contributed by atoms with E-state index in [2.05, 4.69) is 5.48 Å². The molecule has 1 saturated carbocycles. The summed E-state index contributed by atoms with van der Waals surface area (Å²) in [6, 6.07) is 6.99. The lowest BCUT2D eigenvalue weighted by atomic mass is 10.1. The second-order valence-electron chi connectivity index (χ2n) is 5.05. The highest BCUT2D eigenvalue weighted by molar-refractivity contribution is 6.03. The van der Waals surface area contributed by atoms with E-state index < -0.39 is 0 Å². The number of nitrogens with one attached hydrogen (secondary N) is 1. The number of benzene rings is 1. The van der Waals surface area contributed by atoms with Gasteiger partial charge in [0.2, 0.25) is 5.91 Å². The van der Waals surface area contributed by atoms with Crippen LogP contribution in [0.25, 0.3) is 0 Å². The van der Waals surface area contributed by atoms with Crippen molar-refractivity contribution in [3.63, 3.8) is 0 Å². The predicted octanol–water partition coefficient (Wildman–Crippen LogP) is 2.27. The largest absolute Gasteiger partial charge is 0.315 e. The molecule has 0 radical (unpaired) electrons. The quantitative estimate of drug-likeness (QED) is 0.858. The minimum Gasteiger partial charge on any atom is -0.315 e. The summed E-state index contributed by atoms with van der Waals surface area (Å²) in [4.78, 5) is 30.5. The van der Waals surface area contributed by atoms with E-state index in [0.717, 1.165) is 25.7 Å². The van der Waals surface area contributed by atoms with Crippen molar-refractivity contribution in [1.82, 2.24) is 5.48 Å². The van der Waals surface area contributed by atoms with Crippen LogP contribution in [0.5, 0.6) is 0 Å². The zero-order chi connectivity index (χ0) is 14.5. The average molecular weight is 276 g/mol. The van der Waals surface area contributed by atoms with E-state index in [1.807, 2.05) is 0 Å². The third-order valence-electron chi connectivity index (χ3n) is 3.60. The van der Waals surface area contributed by atoms with Crippen molar-refractivity contribution < 1.29 is 14.4 Å². The second-order valence-corrected chi connectivity index (χ2v) is 5.05. The van der Waals surface area contributed by atoms with Gasteiger partial charge in [0.25, 0.3) is 5.91 Å². The third kappa shape index (κ3) is 3.36. The molecule has 20 heavy (non-hydrogen) atoms. The fourth-order valence-electron chi connectivity index (χ4n) is 2.33. The number of rotatable bonds is 4. The Balaban J connectivity index is 2.06. The summed E-state index contributed by atoms with van der Waals surface area (Å²) in [7, 11) is 1.65. The van der Waals surface area contributed by atoms with E-state index in [0.29, 0.717) is 11.3 Å². The lowest BCUT2D eigenvalue weighted by molar-refractivity contribution is -0.116. The summed E-state index contributed by atoms with van der Waals surface area (Å²) in [6.07, 6.45) is 4.36. The van der Waals surface area contributed by atoms with E-state index >= 15 is 0 Å².